The number of allylic oxidation sites excluding steroid dienone is 8. The molecule has 5 heteroatoms. The molecule has 1 atom stereocenters. The highest BCUT2D eigenvalue weighted by Crippen LogP contribution is 2.16. The van der Waals surface area contributed by atoms with Crippen molar-refractivity contribution in [2.75, 3.05) is 19.8 Å². The van der Waals surface area contributed by atoms with Gasteiger partial charge in [0.05, 0.1) is 6.61 Å². The molecular formula is C61H112O5. The van der Waals surface area contributed by atoms with Gasteiger partial charge in [-0.1, -0.05) is 262 Å². The molecule has 0 spiro atoms. The van der Waals surface area contributed by atoms with E-state index in [1.165, 1.54) is 193 Å². The molecule has 1 unspecified atom stereocenters. The van der Waals surface area contributed by atoms with Gasteiger partial charge in [0.15, 0.2) is 6.10 Å². The molecule has 0 saturated carbocycles. The zero-order chi connectivity index (χ0) is 47.7. The monoisotopic (exact) mass is 925 g/mol. The van der Waals surface area contributed by atoms with E-state index in [2.05, 4.69) is 69.4 Å². The maximum atomic E-state index is 12.9. The minimum Gasteiger partial charge on any atom is -0.462 e. The number of esters is 2. The second kappa shape index (κ2) is 57.2. The molecule has 0 fully saturated rings. The molecule has 0 aromatic heterocycles. The minimum atomic E-state index is -0.542. The number of ether oxygens (including phenoxy) is 3. The number of unbranched alkanes of at least 4 members (excludes halogenated alkanes) is 35. The van der Waals surface area contributed by atoms with Gasteiger partial charge in [-0.25, -0.2) is 0 Å². The maximum absolute atomic E-state index is 12.9. The second-order valence-corrected chi connectivity index (χ2v) is 19.5. The lowest BCUT2D eigenvalue weighted by molar-refractivity contribution is -0.163. The Hall–Kier alpha value is -2.14. The number of hydrogen-bond acceptors (Lipinski definition) is 5. The Bertz CT molecular complexity index is 1090. The maximum Gasteiger partial charge on any atom is 0.306 e. The van der Waals surface area contributed by atoms with Crippen molar-refractivity contribution in [3.63, 3.8) is 0 Å². The average molecular weight is 926 g/mol. The summed E-state index contributed by atoms with van der Waals surface area (Å²) in [5.41, 5.74) is 0. The summed E-state index contributed by atoms with van der Waals surface area (Å²) in [6.07, 6.45) is 71.3. The van der Waals surface area contributed by atoms with Crippen molar-refractivity contribution in [3.8, 4) is 0 Å². The van der Waals surface area contributed by atoms with E-state index in [1.54, 1.807) is 0 Å². The first kappa shape index (κ1) is 63.9. The highest BCUT2D eigenvalue weighted by atomic mass is 16.6. The smallest absolute Gasteiger partial charge is 0.306 e. The first-order valence-corrected chi connectivity index (χ1v) is 29.2. The van der Waals surface area contributed by atoms with Crippen molar-refractivity contribution in [2.24, 2.45) is 0 Å². The fourth-order valence-corrected chi connectivity index (χ4v) is 8.52. The molecule has 0 N–H and O–H groups in total. The standard InChI is InChI=1S/C61H112O5/c1-4-7-10-13-16-19-22-25-28-30-32-35-38-41-44-47-50-53-56-64-57-59(66-61(63)55-52-49-46-43-40-37-33-27-24-21-18-15-12-9-6-3)58-65-60(62)54-51-48-45-42-39-36-34-31-29-26-23-20-17-14-11-8-5-2/h8,11,17,20,26-27,29,33,59H,4-7,9-10,12-16,18-19,21-25,28,30-32,34-58H2,1-3H3/b11-8-,20-17-,29-26-,33-27-. The van der Waals surface area contributed by atoms with Crippen molar-refractivity contribution in [2.45, 2.75) is 309 Å². The van der Waals surface area contributed by atoms with Gasteiger partial charge in [0.25, 0.3) is 0 Å². The van der Waals surface area contributed by atoms with E-state index in [9.17, 15) is 9.59 Å². The lowest BCUT2D eigenvalue weighted by Crippen LogP contribution is -2.30. The number of rotatable bonds is 54. The fourth-order valence-electron chi connectivity index (χ4n) is 8.52. The fraction of sp³-hybridized carbons (Fsp3) is 0.836. The van der Waals surface area contributed by atoms with E-state index in [4.69, 9.17) is 14.2 Å². The Morgan fingerprint density at radius 3 is 1.11 bits per heavy atom. The minimum absolute atomic E-state index is 0.0805. The van der Waals surface area contributed by atoms with Gasteiger partial charge >= 0.3 is 11.9 Å². The summed E-state index contributed by atoms with van der Waals surface area (Å²) in [6.45, 7) is 7.75. The molecule has 5 nitrogen and oxygen atoms in total. The van der Waals surface area contributed by atoms with Gasteiger partial charge in [-0.15, -0.1) is 0 Å². The van der Waals surface area contributed by atoms with Crippen molar-refractivity contribution in [1.82, 2.24) is 0 Å². The molecule has 0 bridgehead atoms. The van der Waals surface area contributed by atoms with Crippen LogP contribution in [0.3, 0.4) is 0 Å². The molecule has 0 amide bonds. The van der Waals surface area contributed by atoms with Crippen LogP contribution < -0.4 is 0 Å². The average Bonchev–Trinajstić information content (AvgIpc) is 3.32. The van der Waals surface area contributed by atoms with Crippen LogP contribution in [0.2, 0.25) is 0 Å². The normalized spacial score (nSPS) is 12.5. The lowest BCUT2D eigenvalue weighted by atomic mass is 10.0. The van der Waals surface area contributed by atoms with E-state index in [-0.39, 0.29) is 25.2 Å². The van der Waals surface area contributed by atoms with E-state index in [1.807, 2.05) is 0 Å². The van der Waals surface area contributed by atoms with Crippen molar-refractivity contribution >= 4 is 11.9 Å². The van der Waals surface area contributed by atoms with Crippen molar-refractivity contribution in [1.29, 1.82) is 0 Å². The quantitative estimate of drug-likeness (QED) is 0.0345. The van der Waals surface area contributed by atoms with Crippen LogP contribution in [0.5, 0.6) is 0 Å². The Morgan fingerprint density at radius 1 is 0.348 bits per heavy atom. The van der Waals surface area contributed by atoms with Crippen LogP contribution in [-0.2, 0) is 23.8 Å². The SMILES string of the molecule is CC/C=C\C/C=C\C/C=C\CCCCCCCCCC(=O)OCC(COCCCCCCCCCCCCCCCCCCCC)OC(=O)CCCCCCC/C=C\CCCCCCCC. The van der Waals surface area contributed by atoms with Crippen LogP contribution >= 0.6 is 0 Å². The summed E-state index contributed by atoms with van der Waals surface area (Å²) < 4.78 is 17.5. The molecule has 0 aromatic rings. The Balaban J connectivity index is 4.25. The third kappa shape index (κ3) is 54.5. The zero-order valence-electron chi connectivity index (χ0n) is 44.5. The van der Waals surface area contributed by atoms with Gasteiger partial charge in [0.2, 0.25) is 0 Å². The number of hydrogen-bond donors (Lipinski definition) is 0. The van der Waals surface area contributed by atoms with Crippen LogP contribution in [0.4, 0.5) is 0 Å². The topological polar surface area (TPSA) is 61.8 Å². The highest BCUT2D eigenvalue weighted by Gasteiger charge is 2.17. The van der Waals surface area contributed by atoms with Gasteiger partial charge in [-0.3, -0.25) is 9.59 Å². The number of carbonyl (C=O) groups is 2. The molecule has 66 heavy (non-hydrogen) atoms. The first-order valence-electron chi connectivity index (χ1n) is 29.2. The van der Waals surface area contributed by atoms with Crippen LogP contribution in [-0.4, -0.2) is 37.9 Å². The molecule has 386 valence electrons. The van der Waals surface area contributed by atoms with E-state index < -0.39 is 6.10 Å². The molecular weight excluding hydrogens is 813 g/mol. The van der Waals surface area contributed by atoms with E-state index in [0.717, 1.165) is 77.0 Å². The molecule has 0 aliphatic carbocycles. The largest absolute Gasteiger partial charge is 0.462 e. The third-order valence-electron chi connectivity index (χ3n) is 12.8. The molecule has 0 saturated heterocycles. The summed E-state index contributed by atoms with van der Waals surface area (Å²) in [5, 5.41) is 0. The molecule has 0 aliphatic heterocycles. The molecule has 0 aliphatic rings. The Labute approximate surface area is 412 Å². The lowest BCUT2D eigenvalue weighted by Gasteiger charge is -2.18. The predicted molar refractivity (Wildman–Crippen MR) is 288 cm³/mol. The van der Waals surface area contributed by atoms with E-state index >= 15 is 0 Å². The second-order valence-electron chi connectivity index (χ2n) is 19.5. The van der Waals surface area contributed by atoms with Gasteiger partial charge < -0.3 is 14.2 Å². The summed E-state index contributed by atoms with van der Waals surface area (Å²) in [6, 6.07) is 0. The van der Waals surface area contributed by atoms with Crippen LogP contribution in [0.25, 0.3) is 0 Å². The van der Waals surface area contributed by atoms with Crippen LogP contribution in [0.1, 0.15) is 303 Å². The Kier molecular flexibility index (Phi) is 55.3. The van der Waals surface area contributed by atoms with Gasteiger partial charge in [-0.05, 0) is 77.0 Å². The van der Waals surface area contributed by atoms with E-state index in [0.29, 0.717) is 19.4 Å². The number of carbonyl (C=O) groups excluding carboxylic acids is 2. The summed E-state index contributed by atoms with van der Waals surface area (Å²) in [5.74, 6) is -0.402. The molecule has 0 radical (unpaired) electrons. The van der Waals surface area contributed by atoms with Gasteiger partial charge in [-0.2, -0.15) is 0 Å². The molecule has 0 heterocycles. The predicted octanol–water partition coefficient (Wildman–Crippen LogP) is 19.9. The molecule has 0 rings (SSSR count). The summed E-state index contributed by atoms with van der Waals surface area (Å²) in [4.78, 5) is 25.5. The van der Waals surface area contributed by atoms with Crippen LogP contribution in [0.15, 0.2) is 48.6 Å². The van der Waals surface area contributed by atoms with Crippen molar-refractivity contribution < 1.29 is 23.8 Å². The summed E-state index contributed by atoms with van der Waals surface area (Å²) >= 11 is 0. The zero-order valence-corrected chi connectivity index (χ0v) is 44.5. The summed E-state index contributed by atoms with van der Waals surface area (Å²) in [7, 11) is 0. The van der Waals surface area contributed by atoms with Crippen LogP contribution in [0, 0.1) is 0 Å². The van der Waals surface area contributed by atoms with Gasteiger partial charge in [0.1, 0.15) is 6.61 Å². The van der Waals surface area contributed by atoms with Crippen molar-refractivity contribution in [3.05, 3.63) is 48.6 Å². The van der Waals surface area contributed by atoms with Gasteiger partial charge in [0, 0.05) is 19.4 Å². The Morgan fingerprint density at radius 2 is 0.682 bits per heavy atom. The first-order chi connectivity index (χ1) is 32.6. The highest BCUT2D eigenvalue weighted by molar-refractivity contribution is 5.70. The molecule has 0 aromatic carbocycles. The third-order valence-corrected chi connectivity index (χ3v) is 12.8.